The molecule has 0 radical (unpaired) electrons. The molecule has 3 amide bonds. The average Bonchev–Trinajstić information content (AvgIpc) is 3.05. The molecule has 9 nitrogen and oxygen atoms in total. The van der Waals surface area contributed by atoms with Gasteiger partial charge in [-0.15, -0.1) is 11.8 Å². The first-order valence-corrected chi connectivity index (χ1v) is 15.3. The van der Waals surface area contributed by atoms with Crippen LogP contribution in [-0.2, 0) is 9.59 Å². The zero-order valence-electron chi connectivity index (χ0n) is 24.2. The fraction of sp³-hybridized carbons (Fsp3) is 0.121. The molecule has 4 rings (SSSR count). The number of ether oxygens (including phenoxy) is 3. The van der Waals surface area contributed by atoms with Crippen LogP contribution in [0.25, 0.3) is 6.08 Å². The zero-order chi connectivity index (χ0) is 31.5. The van der Waals surface area contributed by atoms with E-state index in [0.29, 0.717) is 34.1 Å². The van der Waals surface area contributed by atoms with Crippen molar-refractivity contribution < 1.29 is 28.6 Å². The summed E-state index contributed by atoms with van der Waals surface area (Å²) in [6, 6.07) is 26.5. The molecule has 11 heteroatoms. The third kappa shape index (κ3) is 9.01. The normalized spacial score (nSPS) is 10.9. The molecule has 0 saturated carbocycles. The second-order valence-electron chi connectivity index (χ2n) is 9.15. The number of rotatable bonds is 12. The largest absolute Gasteiger partial charge is 0.496 e. The van der Waals surface area contributed by atoms with Crippen molar-refractivity contribution in [2.75, 3.05) is 37.7 Å². The molecule has 0 saturated heterocycles. The summed E-state index contributed by atoms with van der Waals surface area (Å²) in [4.78, 5) is 39.8. The molecular weight excluding hydrogens is 693 g/mol. The first kappa shape index (κ1) is 32.4. The van der Waals surface area contributed by atoms with Crippen LogP contribution in [0, 0.1) is 3.57 Å². The topological polar surface area (TPSA) is 115 Å². The van der Waals surface area contributed by atoms with Crippen LogP contribution < -0.4 is 30.2 Å². The minimum Gasteiger partial charge on any atom is -0.496 e. The maximum absolute atomic E-state index is 13.5. The van der Waals surface area contributed by atoms with Crippen LogP contribution in [0.15, 0.2) is 102 Å². The van der Waals surface area contributed by atoms with Crippen LogP contribution in [0.3, 0.4) is 0 Å². The molecule has 4 aromatic rings. The second-order valence-corrected chi connectivity index (χ2v) is 11.4. The Morgan fingerprint density at radius 1 is 0.750 bits per heavy atom. The minimum atomic E-state index is -0.552. The van der Waals surface area contributed by atoms with Crippen LogP contribution in [0.4, 0.5) is 11.4 Å². The van der Waals surface area contributed by atoms with Gasteiger partial charge in [-0.1, -0.05) is 18.2 Å². The van der Waals surface area contributed by atoms with E-state index in [2.05, 4.69) is 38.5 Å². The monoisotopic (exact) mass is 723 g/mol. The van der Waals surface area contributed by atoms with Crippen molar-refractivity contribution in [1.82, 2.24) is 5.32 Å². The molecule has 0 spiro atoms. The number of benzene rings is 4. The molecule has 0 bridgehead atoms. The predicted octanol–water partition coefficient (Wildman–Crippen LogP) is 6.46. The number of carbonyl (C=O) groups excluding carboxylic acids is 3. The van der Waals surface area contributed by atoms with E-state index in [4.69, 9.17) is 14.2 Å². The molecule has 0 fully saturated rings. The Morgan fingerprint density at radius 2 is 1.34 bits per heavy atom. The van der Waals surface area contributed by atoms with Gasteiger partial charge in [-0.2, -0.15) is 0 Å². The van der Waals surface area contributed by atoms with Crippen LogP contribution in [0.5, 0.6) is 17.2 Å². The second kappa shape index (κ2) is 15.8. The van der Waals surface area contributed by atoms with E-state index in [-0.39, 0.29) is 17.4 Å². The quantitative estimate of drug-likeness (QED) is 0.0874. The number of methoxy groups -OCH3 is 3. The SMILES string of the molecule is COc1cc(OC)c(OC)cc1/C=C(\NC(=O)c1ccccc1)C(=O)Nc1ccc(SCC(=O)Nc2ccc(I)cc2)cc1. The molecule has 44 heavy (non-hydrogen) atoms. The van der Waals surface area contributed by atoms with E-state index in [1.807, 2.05) is 36.4 Å². The van der Waals surface area contributed by atoms with E-state index in [1.54, 1.807) is 54.6 Å². The highest BCUT2D eigenvalue weighted by atomic mass is 127. The van der Waals surface area contributed by atoms with Crippen LogP contribution in [0.1, 0.15) is 15.9 Å². The summed E-state index contributed by atoms with van der Waals surface area (Å²) >= 11 is 3.58. The lowest BCUT2D eigenvalue weighted by molar-refractivity contribution is -0.114. The van der Waals surface area contributed by atoms with Crippen molar-refractivity contribution in [2.45, 2.75) is 4.90 Å². The summed E-state index contributed by atoms with van der Waals surface area (Å²) in [7, 11) is 4.50. The Balaban J connectivity index is 1.50. The third-order valence-corrected chi connectivity index (χ3v) is 7.91. The number of thioether (sulfide) groups is 1. The Bertz CT molecular complexity index is 1650. The van der Waals surface area contributed by atoms with Gasteiger partial charge in [0.15, 0.2) is 11.5 Å². The number of hydrogen-bond acceptors (Lipinski definition) is 7. The van der Waals surface area contributed by atoms with Gasteiger partial charge in [0.1, 0.15) is 11.4 Å². The molecule has 226 valence electrons. The summed E-state index contributed by atoms with van der Waals surface area (Å²) in [5, 5.41) is 8.42. The lowest BCUT2D eigenvalue weighted by atomic mass is 10.1. The molecule has 0 heterocycles. The maximum Gasteiger partial charge on any atom is 0.272 e. The van der Waals surface area contributed by atoms with Crippen LogP contribution in [0.2, 0.25) is 0 Å². The van der Waals surface area contributed by atoms with Crippen molar-refractivity contribution >= 4 is 69.5 Å². The highest BCUT2D eigenvalue weighted by Crippen LogP contribution is 2.35. The Morgan fingerprint density at radius 3 is 1.98 bits per heavy atom. The summed E-state index contributed by atoms with van der Waals surface area (Å²) in [6.07, 6.45) is 1.51. The predicted molar refractivity (Wildman–Crippen MR) is 182 cm³/mol. The number of halogens is 1. The van der Waals surface area contributed by atoms with Gasteiger partial charge >= 0.3 is 0 Å². The van der Waals surface area contributed by atoms with E-state index in [0.717, 1.165) is 14.2 Å². The maximum atomic E-state index is 13.5. The van der Waals surface area contributed by atoms with Crippen molar-refractivity contribution in [2.24, 2.45) is 0 Å². The number of anilines is 2. The number of amides is 3. The molecule has 4 aromatic carbocycles. The highest BCUT2D eigenvalue weighted by Gasteiger charge is 2.18. The smallest absolute Gasteiger partial charge is 0.272 e. The van der Waals surface area contributed by atoms with E-state index in [9.17, 15) is 14.4 Å². The van der Waals surface area contributed by atoms with Gasteiger partial charge in [-0.25, -0.2) is 0 Å². The Kier molecular flexibility index (Phi) is 11.7. The van der Waals surface area contributed by atoms with Gasteiger partial charge in [0, 0.05) is 37.0 Å². The van der Waals surface area contributed by atoms with Gasteiger partial charge in [-0.3, -0.25) is 14.4 Å². The van der Waals surface area contributed by atoms with Gasteiger partial charge < -0.3 is 30.2 Å². The summed E-state index contributed by atoms with van der Waals surface area (Å²) < 4.78 is 17.4. The zero-order valence-corrected chi connectivity index (χ0v) is 27.2. The molecular formula is C33H30IN3O6S. The third-order valence-electron chi connectivity index (χ3n) is 6.17. The lowest BCUT2D eigenvalue weighted by Gasteiger charge is -2.15. The fourth-order valence-corrected chi connectivity index (χ4v) is 5.03. The van der Waals surface area contributed by atoms with Gasteiger partial charge in [-0.05, 0) is 95.4 Å². The molecule has 0 atom stereocenters. The Hall–Kier alpha value is -4.49. The highest BCUT2D eigenvalue weighted by molar-refractivity contribution is 14.1. The molecule has 0 aromatic heterocycles. The van der Waals surface area contributed by atoms with Gasteiger partial charge in [0.05, 0.1) is 27.1 Å². The molecule has 3 N–H and O–H groups in total. The number of carbonyl (C=O) groups is 3. The van der Waals surface area contributed by atoms with Crippen molar-refractivity contribution in [3.05, 3.63) is 111 Å². The van der Waals surface area contributed by atoms with Crippen molar-refractivity contribution in [3.8, 4) is 17.2 Å². The Labute approximate surface area is 273 Å². The first-order valence-electron chi connectivity index (χ1n) is 13.3. The van der Waals surface area contributed by atoms with E-state index < -0.39 is 11.8 Å². The van der Waals surface area contributed by atoms with Crippen molar-refractivity contribution in [1.29, 1.82) is 0 Å². The summed E-state index contributed by atoms with van der Waals surface area (Å²) in [6.45, 7) is 0. The first-order chi connectivity index (χ1) is 21.3. The summed E-state index contributed by atoms with van der Waals surface area (Å²) in [5.74, 6) is 0.381. The molecule has 0 aliphatic rings. The van der Waals surface area contributed by atoms with E-state index >= 15 is 0 Å². The average molecular weight is 724 g/mol. The number of hydrogen-bond donors (Lipinski definition) is 3. The lowest BCUT2D eigenvalue weighted by Crippen LogP contribution is -2.30. The van der Waals surface area contributed by atoms with Gasteiger partial charge in [0.25, 0.3) is 11.8 Å². The van der Waals surface area contributed by atoms with Crippen LogP contribution in [-0.4, -0.2) is 44.8 Å². The van der Waals surface area contributed by atoms with Crippen molar-refractivity contribution in [3.63, 3.8) is 0 Å². The summed E-state index contributed by atoms with van der Waals surface area (Å²) in [5.41, 5.74) is 2.09. The molecule has 0 aliphatic heterocycles. The standard InChI is InChI=1S/C33H30IN3O6S/c1-41-28-19-30(43-3)29(42-2)18-22(28)17-27(37-32(39)21-7-5-4-6-8-21)33(40)36-25-13-15-26(16-14-25)44-20-31(38)35-24-11-9-23(34)10-12-24/h4-19H,20H2,1-3H3,(H,35,38)(H,36,40)(H,37,39)/b27-17-. The van der Waals surface area contributed by atoms with Crippen LogP contribution >= 0.6 is 34.4 Å². The van der Waals surface area contributed by atoms with Gasteiger partial charge in [0.2, 0.25) is 5.91 Å². The number of nitrogens with one attached hydrogen (secondary N) is 3. The molecule has 0 unspecified atom stereocenters. The molecule has 0 aliphatic carbocycles. The van der Waals surface area contributed by atoms with E-state index in [1.165, 1.54) is 39.2 Å². The minimum absolute atomic E-state index is 0.0184. The fourth-order valence-electron chi connectivity index (χ4n) is 3.98.